The summed E-state index contributed by atoms with van der Waals surface area (Å²) in [6.07, 6.45) is 51.0. The van der Waals surface area contributed by atoms with Crippen LogP contribution in [0.2, 0.25) is 0 Å². The molecule has 1 aliphatic rings. The van der Waals surface area contributed by atoms with E-state index in [0.29, 0.717) is 19.3 Å². The molecule has 3 N–H and O–H groups in total. The van der Waals surface area contributed by atoms with Crippen LogP contribution >= 0.6 is 0 Å². The van der Waals surface area contributed by atoms with Gasteiger partial charge < -0.3 is 39.0 Å². The van der Waals surface area contributed by atoms with Crippen molar-refractivity contribution in [1.29, 1.82) is 0 Å². The summed E-state index contributed by atoms with van der Waals surface area (Å²) >= 11 is 0. The van der Waals surface area contributed by atoms with E-state index in [1.54, 1.807) is 0 Å². The third-order valence-corrected chi connectivity index (χ3v) is 12.1. The predicted molar refractivity (Wildman–Crippen MR) is 294 cm³/mol. The summed E-state index contributed by atoms with van der Waals surface area (Å²) in [5.41, 5.74) is 0. The molecular formula is C61H98O12. The third kappa shape index (κ3) is 38.8. The summed E-state index contributed by atoms with van der Waals surface area (Å²) in [6, 6.07) is 0. The van der Waals surface area contributed by atoms with E-state index in [2.05, 4.69) is 118 Å². The fourth-order valence-electron chi connectivity index (χ4n) is 7.84. The highest BCUT2D eigenvalue weighted by atomic mass is 16.7. The Morgan fingerprint density at radius 3 is 1.36 bits per heavy atom. The number of aliphatic hydroxyl groups excluding tert-OH is 2. The molecular weight excluding hydrogens is 925 g/mol. The zero-order chi connectivity index (χ0) is 53.3. The second-order valence-corrected chi connectivity index (χ2v) is 18.8. The molecule has 0 saturated carbocycles. The smallest absolute Gasteiger partial charge is 0.335 e. The van der Waals surface area contributed by atoms with E-state index in [4.69, 9.17) is 23.7 Å². The van der Waals surface area contributed by atoms with Gasteiger partial charge in [-0.2, -0.15) is 0 Å². The summed E-state index contributed by atoms with van der Waals surface area (Å²) in [7, 11) is 0. The quantitative estimate of drug-likeness (QED) is 0.0228. The molecule has 0 amide bonds. The second kappa shape index (κ2) is 48.6. The maximum atomic E-state index is 13.1. The van der Waals surface area contributed by atoms with Gasteiger partial charge in [0, 0.05) is 19.3 Å². The molecule has 12 heteroatoms. The van der Waals surface area contributed by atoms with Gasteiger partial charge >= 0.3 is 23.9 Å². The van der Waals surface area contributed by atoms with E-state index in [1.165, 1.54) is 25.7 Å². The van der Waals surface area contributed by atoms with Crippen LogP contribution < -0.4 is 0 Å². The maximum Gasteiger partial charge on any atom is 0.335 e. The molecule has 1 aliphatic heterocycles. The van der Waals surface area contributed by atoms with Gasteiger partial charge in [0.1, 0.15) is 18.8 Å². The van der Waals surface area contributed by atoms with Crippen molar-refractivity contribution in [3.63, 3.8) is 0 Å². The van der Waals surface area contributed by atoms with E-state index in [9.17, 15) is 34.5 Å². The Bertz CT molecular complexity index is 1640. The van der Waals surface area contributed by atoms with Crippen LogP contribution in [0.25, 0.3) is 0 Å². The standard InChI is InChI=1S/C61H98O12/c1-4-7-10-13-16-19-22-25-27-30-32-35-38-41-44-47-53(62)69-50-52(71-54(63)48-45-42-39-36-33-29-24-21-18-15-12-9-6-3)51-70-61-59(57(66)56(65)58(73-61)60(67)68)72-55(64)49-46-43-40-37-34-31-28-26-23-20-17-14-11-8-5-2/h7-8,10-11,16-17,19-21,24-28,32,35,52,56-59,61,65-66H,4-6,9,12-15,18,22-23,29-31,33-34,36-51H2,1-3H3,(H,67,68)/b10-7-,11-8-,19-16-,20-17-,24-21-,27-25-,28-26-,35-32-. The Morgan fingerprint density at radius 1 is 0.466 bits per heavy atom. The zero-order valence-corrected chi connectivity index (χ0v) is 45.3. The minimum Gasteiger partial charge on any atom is -0.479 e. The first-order valence-electron chi connectivity index (χ1n) is 28.2. The van der Waals surface area contributed by atoms with E-state index in [0.717, 1.165) is 128 Å². The number of carbonyl (C=O) groups excluding carboxylic acids is 3. The average molecular weight is 1020 g/mol. The van der Waals surface area contributed by atoms with E-state index >= 15 is 0 Å². The van der Waals surface area contributed by atoms with Crippen molar-refractivity contribution in [2.24, 2.45) is 0 Å². The van der Waals surface area contributed by atoms with Crippen molar-refractivity contribution in [3.8, 4) is 0 Å². The number of unbranched alkanes of at least 4 members (excludes halogenated alkanes) is 16. The number of aliphatic hydroxyl groups is 2. The van der Waals surface area contributed by atoms with Crippen molar-refractivity contribution >= 4 is 23.9 Å². The number of aliphatic carboxylic acids is 1. The number of esters is 3. The largest absolute Gasteiger partial charge is 0.479 e. The number of hydrogen-bond acceptors (Lipinski definition) is 11. The summed E-state index contributed by atoms with van der Waals surface area (Å²) in [5.74, 6) is -3.22. The van der Waals surface area contributed by atoms with E-state index in [-0.39, 0.29) is 25.9 Å². The van der Waals surface area contributed by atoms with Crippen LogP contribution in [-0.4, -0.2) is 89.2 Å². The first-order chi connectivity index (χ1) is 35.6. The number of carboxylic acid groups (broad SMARTS) is 1. The number of hydrogen-bond donors (Lipinski definition) is 3. The molecule has 1 rings (SSSR count). The third-order valence-electron chi connectivity index (χ3n) is 12.1. The topological polar surface area (TPSA) is 175 Å². The number of carboxylic acids is 1. The molecule has 0 aromatic rings. The van der Waals surface area contributed by atoms with Crippen LogP contribution in [0.4, 0.5) is 0 Å². The van der Waals surface area contributed by atoms with Gasteiger partial charge in [-0.25, -0.2) is 4.79 Å². The lowest BCUT2D eigenvalue weighted by Gasteiger charge is -2.40. The zero-order valence-electron chi connectivity index (χ0n) is 45.3. The fraction of sp³-hybridized carbons (Fsp3) is 0.672. The number of allylic oxidation sites excluding steroid dienone is 16. The Labute approximate surface area is 441 Å². The lowest BCUT2D eigenvalue weighted by Crippen LogP contribution is -2.61. The van der Waals surface area contributed by atoms with Crippen LogP contribution in [0.1, 0.15) is 213 Å². The summed E-state index contributed by atoms with van der Waals surface area (Å²) < 4.78 is 28.3. The fourth-order valence-corrected chi connectivity index (χ4v) is 7.84. The molecule has 0 aromatic heterocycles. The highest BCUT2D eigenvalue weighted by molar-refractivity contribution is 5.74. The molecule has 12 nitrogen and oxygen atoms in total. The Balaban J connectivity index is 2.76. The maximum absolute atomic E-state index is 13.1. The van der Waals surface area contributed by atoms with Gasteiger partial charge in [0.05, 0.1) is 6.61 Å². The highest BCUT2D eigenvalue weighted by Crippen LogP contribution is 2.26. The van der Waals surface area contributed by atoms with E-state index in [1.807, 2.05) is 0 Å². The number of rotatable bonds is 46. The van der Waals surface area contributed by atoms with Gasteiger partial charge in [-0.15, -0.1) is 0 Å². The molecule has 0 bridgehead atoms. The van der Waals surface area contributed by atoms with Crippen molar-refractivity contribution in [1.82, 2.24) is 0 Å². The lowest BCUT2D eigenvalue weighted by atomic mass is 9.98. The van der Waals surface area contributed by atoms with Crippen molar-refractivity contribution in [2.45, 2.75) is 250 Å². The predicted octanol–water partition coefficient (Wildman–Crippen LogP) is 14.1. The van der Waals surface area contributed by atoms with Crippen LogP contribution in [-0.2, 0) is 42.9 Å². The molecule has 0 spiro atoms. The minimum atomic E-state index is -1.92. The van der Waals surface area contributed by atoms with Crippen LogP contribution in [0.5, 0.6) is 0 Å². The van der Waals surface area contributed by atoms with Crippen LogP contribution in [0.3, 0.4) is 0 Å². The van der Waals surface area contributed by atoms with Gasteiger partial charge in [0.25, 0.3) is 0 Å². The van der Waals surface area contributed by atoms with Crippen LogP contribution in [0.15, 0.2) is 97.2 Å². The molecule has 1 saturated heterocycles. The van der Waals surface area contributed by atoms with Gasteiger partial charge in [-0.05, 0) is 116 Å². The minimum absolute atomic E-state index is 0.0317. The molecule has 414 valence electrons. The second-order valence-electron chi connectivity index (χ2n) is 18.8. The monoisotopic (exact) mass is 1020 g/mol. The molecule has 6 atom stereocenters. The highest BCUT2D eigenvalue weighted by Gasteiger charge is 2.50. The first-order valence-corrected chi connectivity index (χ1v) is 28.2. The average Bonchev–Trinajstić information content (AvgIpc) is 3.37. The molecule has 1 heterocycles. The molecule has 6 unspecified atom stereocenters. The summed E-state index contributed by atoms with van der Waals surface area (Å²) in [5, 5.41) is 31.4. The SMILES string of the molecule is CC/C=C\C/C=C\C/C=C\C/C=C\CCCCC(=O)OCC(COC1OC(C(=O)O)C(O)C(O)C1OC(=O)CCCCCCC/C=C\C/C=C\C/C=C\CC)OC(=O)CCCCCCC/C=C\CCCCCC. The van der Waals surface area contributed by atoms with Gasteiger partial charge in [-0.1, -0.05) is 176 Å². The number of carbonyl (C=O) groups is 4. The molecule has 0 radical (unpaired) electrons. The Hall–Kier alpha value is -4.36. The first kappa shape index (κ1) is 66.7. The van der Waals surface area contributed by atoms with E-state index < -0.39 is 67.3 Å². The van der Waals surface area contributed by atoms with Gasteiger partial charge in [-0.3, -0.25) is 14.4 Å². The lowest BCUT2D eigenvalue weighted by molar-refractivity contribution is -0.301. The normalized spacial score (nSPS) is 19.1. The summed E-state index contributed by atoms with van der Waals surface area (Å²) in [6.45, 7) is 5.68. The Kier molecular flexibility index (Phi) is 44.4. The van der Waals surface area contributed by atoms with Crippen molar-refractivity contribution in [3.05, 3.63) is 97.2 Å². The number of ether oxygens (including phenoxy) is 5. The molecule has 1 fully saturated rings. The van der Waals surface area contributed by atoms with Crippen molar-refractivity contribution < 1.29 is 58.2 Å². The molecule has 73 heavy (non-hydrogen) atoms. The summed E-state index contributed by atoms with van der Waals surface area (Å²) in [4.78, 5) is 51.0. The van der Waals surface area contributed by atoms with Crippen molar-refractivity contribution in [2.75, 3.05) is 13.2 Å². The molecule has 0 aliphatic carbocycles. The molecule has 0 aromatic carbocycles. The Morgan fingerprint density at radius 2 is 0.863 bits per heavy atom. The van der Waals surface area contributed by atoms with Crippen LogP contribution in [0, 0.1) is 0 Å². The van der Waals surface area contributed by atoms with Gasteiger partial charge in [0.15, 0.2) is 24.6 Å². The van der Waals surface area contributed by atoms with Gasteiger partial charge in [0.2, 0.25) is 0 Å².